The van der Waals surface area contributed by atoms with Crippen molar-refractivity contribution in [3.05, 3.63) is 82.1 Å². The van der Waals surface area contributed by atoms with E-state index < -0.39 is 17.5 Å². The van der Waals surface area contributed by atoms with Crippen LogP contribution in [0, 0.1) is 11.6 Å². The molecule has 3 aromatic rings. The molecule has 0 bridgehead atoms. The molecular weight excluding hydrogens is 396 g/mol. The van der Waals surface area contributed by atoms with E-state index in [9.17, 15) is 13.6 Å². The number of amides is 1. The van der Waals surface area contributed by atoms with Gasteiger partial charge in [-0.15, -0.1) is 11.3 Å². The Kier molecular flexibility index (Phi) is 6.61. The second kappa shape index (κ2) is 9.34. The Bertz CT molecular complexity index is 1020. The van der Waals surface area contributed by atoms with Crippen molar-refractivity contribution in [1.29, 1.82) is 0 Å². The fraction of sp³-hybridized carbons (Fsp3) is 0.136. The molecule has 0 unspecified atom stereocenters. The van der Waals surface area contributed by atoms with Crippen molar-refractivity contribution in [3.8, 4) is 11.5 Å². The molecule has 1 aromatic heterocycles. The molecule has 7 heteroatoms. The van der Waals surface area contributed by atoms with Crippen molar-refractivity contribution < 1.29 is 23.0 Å². The lowest BCUT2D eigenvalue weighted by Crippen LogP contribution is -2.29. The van der Waals surface area contributed by atoms with Crippen molar-refractivity contribution in [3.63, 3.8) is 0 Å². The molecule has 1 heterocycles. The molecular formula is C22H19F2NO3S. The quantitative estimate of drug-likeness (QED) is 0.492. The van der Waals surface area contributed by atoms with Crippen LogP contribution < -0.4 is 14.4 Å². The van der Waals surface area contributed by atoms with Gasteiger partial charge in [-0.05, 0) is 47.4 Å². The van der Waals surface area contributed by atoms with Crippen LogP contribution in [0.4, 0.5) is 14.5 Å². The maximum Gasteiger partial charge on any atom is 0.251 e. The van der Waals surface area contributed by atoms with Gasteiger partial charge in [0.2, 0.25) is 0 Å². The first-order chi connectivity index (χ1) is 14.0. The minimum Gasteiger partial charge on any atom is -0.493 e. The molecule has 0 N–H and O–H groups in total. The van der Waals surface area contributed by atoms with Gasteiger partial charge in [-0.3, -0.25) is 4.79 Å². The van der Waals surface area contributed by atoms with Crippen LogP contribution in [0.2, 0.25) is 0 Å². The highest BCUT2D eigenvalue weighted by atomic mass is 32.1. The largest absolute Gasteiger partial charge is 0.493 e. The number of methoxy groups -OCH3 is 2. The summed E-state index contributed by atoms with van der Waals surface area (Å²) >= 11 is 1.45. The van der Waals surface area contributed by atoms with Crippen molar-refractivity contribution in [2.45, 2.75) is 6.54 Å². The van der Waals surface area contributed by atoms with Gasteiger partial charge < -0.3 is 14.4 Å². The SMILES string of the molecule is COc1ccc(/C=C/C(=O)N(Cc2cccs2)c2ccc(F)cc2F)cc1OC. The Hall–Kier alpha value is -3.19. The molecule has 4 nitrogen and oxygen atoms in total. The minimum atomic E-state index is -0.797. The first-order valence-electron chi connectivity index (χ1n) is 8.71. The van der Waals surface area contributed by atoms with E-state index in [4.69, 9.17) is 9.47 Å². The molecule has 2 aromatic carbocycles. The lowest BCUT2D eigenvalue weighted by molar-refractivity contribution is -0.114. The summed E-state index contributed by atoms with van der Waals surface area (Å²) in [6.07, 6.45) is 2.95. The van der Waals surface area contributed by atoms with Crippen molar-refractivity contribution in [2.24, 2.45) is 0 Å². The first kappa shape index (κ1) is 20.5. The van der Waals surface area contributed by atoms with Gasteiger partial charge in [-0.25, -0.2) is 8.78 Å². The van der Waals surface area contributed by atoms with Gasteiger partial charge in [0, 0.05) is 17.0 Å². The lowest BCUT2D eigenvalue weighted by atomic mass is 10.1. The van der Waals surface area contributed by atoms with Crippen LogP contribution >= 0.6 is 11.3 Å². The fourth-order valence-corrected chi connectivity index (χ4v) is 3.45. The zero-order valence-electron chi connectivity index (χ0n) is 15.9. The molecule has 0 saturated heterocycles. The predicted molar refractivity (Wildman–Crippen MR) is 110 cm³/mol. The molecule has 0 aliphatic rings. The van der Waals surface area contributed by atoms with Gasteiger partial charge in [-0.1, -0.05) is 12.1 Å². The molecule has 0 radical (unpaired) electrons. The zero-order chi connectivity index (χ0) is 20.8. The standard InChI is InChI=1S/C22H19F2NO3S/c1-27-20-9-5-15(12-21(20)28-2)6-10-22(26)25(14-17-4-3-11-29-17)19-8-7-16(23)13-18(19)24/h3-13H,14H2,1-2H3/b10-6+. The van der Waals surface area contributed by atoms with Crippen LogP contribution in [0.1, 0.15) is 10.4 Å². The number of anilines is 1. The van der Waals surface area contributed by atoms with E-state index in [1.165, 1.54) is 42.6 Å². The highest BCUT2D eigenvalue weighted by molar-refractivity contribution is 7.09. The summed E-state index contributed by atoms with van der Waals surface area (Å²) in [6, 6.07) is 12.1. The molecule has 3 rings (SSSR count). The number of nitrogens with zero attached hydrogens (tertiary/aromatic N) is 1. The topological polar surface area (TPSA) is 38.8 Å². The van der Waals surface area contributed by atoms with Crippen molar-refractivity contribution in [1.82, 2.24) is 0 Å². The van der Waals surface area contributed by atoms with E-state index in [2.05, 4.69) is 0 Å². The Morgan fingerprint density at radius 1 is 1.07 bits per heavy atom. The first-order valence-corrected chi connectivity index (χ1v) is 9.59. The van der Waals surface area contributed by atoms with Crippen LogP contribution in [-0.4, -0.2) is 20.1 Å². The predicted octanol–water partition coefficient (Wildman–Crippen LogP) is 5.29. The molecule has 29 heavy (non-hydrogen) atoms. The molecule has 0 aliphatic heterocycles. The van der Waals surface area contributed by atoms with Crippen LogP contribution in [-0.2, 0) is 11.3 Å². The van der Waals surface area contributed by atoms with E-state index in [0.717, 1.165) is 17.0 Å². The molecule has 150 valence electrons. The minimum absolute atomic E-state index is 0.0155. The van der Waals surface area contributed by atoms with Gasteiger partial charge in [0.15, 0.2) is 11.5 Å². The molecule has 0 atom stereocenters. The zero-order valence-corrected chi connectivity index (χ0v) is 16.7. The van der Waals surface area contributed by atoms with Gasteiger partial charge in [0.1, 0.15) is 11.6 Å². The Balaban J connectivity index is 1.89. The maximum atomic E-state index is 14.3. The summed E-state index contributed by atoms with van der Waals surface area (Å²) < 4.78 is 38.1. The highest BCUT2D eigenvalue weighted by Crippen LogP contribution is 2.28. The maximum absolute atomic E-state index is 14.3. The van der Waals surface area contributed by atoms with Gasteiger partial charge >= 0.3 is 0 Å². The van der Waals surface area contributed by atoms with Crippen LogP contribution in [0.5, 0.6) is 11.5 Å². The Morgan fingerprint density at radius 2 is 1.86 bits per heavy atom. The number of benzene rings is 2. The van der Waals surface area contributed by atoms with E-state index in [-0.39, 0.29) is 12.2 Å². The molecule has 0 spiro atoms. The summed E-state index contributed by atoms with van der Waals surface area (Å²) in [5, 5.41) is 1.87. The van der Waals surface area contributed by atoms with Gasteiger partial charge in [0.05, 0.1) is 26.5 Å². The second-order valence-corrected chi connectivity index (χ2v) is 7.08. The average molecular weight is 415 g/mol. The number of hydrogen-bond acceptors (Lipinski definition) is 4. The highest BCUT2D eigenvalue weighted by Gasteiger charge is 2.19. The van der Waals surface area contributed by atoms with Crippen molar-refractivity contribution in [2.75, 3.05) is 19.1 Å². The monoisotopic (exact) mass is 415 g/mol. The van der Waals surface area contributed by atoms with Gasteiger partial charge in [0.25, 0.3) is 5.91 Å². The third kappa shape index (κ3) is 5.00. The van der Waals surface area contributed by atoms with E-state index in [0.29, 0.717) is 17.1 Å². The van der Waals surface area contributed by atoms with Crippen LogP contribution in [0.25, 0.3) is 6.08 Å². The molecule has 0 aliphatic carbocycles. The smallest absolute Gasteiger partial charge is 0.251 e. The molecule has 0 fully saturated rings. The fourth-order valence-electron chi connectivity index (χ4n) is 2.75. The average Bonchev–Trinajstić information content (AvgIpc) is 3.23. The molecule has 0 saturated carbocycles. The number of carbonyl (C=O) groups excluding carboxylic acids is 1. The number of halogens is 2. The number of thiophene rings is 1. The summed E-state index contributed by atoms with van der Waals surface area (Å²) in [5.74, 6) is -0.824. The number of ether oxygens (including phenoxy) is 2. The van der Waals surface area contributed by atoms with E-state index in [1.807, 2.05) is 17.5 Å². The van der Waals surface area contributed by atoms with E-state index in [1.54, 1.807) is 24.3 Å². The summed E-state index contributed by atoms with van der Waals surface area (Å²) in [6.45, 7) is 0.176. The Labute approximate surface area is 171 Å². The summed E-state index contributed by atoms with van der Waals surface area (Å²) in [7, 11) is 3.06. The summed E-state index contributed by atoms with van der Waals surface area (Å²) in [4.78, 5) is 15.0. The molecule has 1 amide bonds. The van der Waals surface area contributed by atoms with Crippen LogP contribution in [0.15, 0.2) is 60.0 Å². The summed E-state index contributed by atoms with van der Waals surface area (Å²) in [5.41, 5.74) is 0.730. The lowest BCUT2D eigenvalue weighted by Gasteiger charge is -2.21. The van der Waals surface area contributed by atoms with Crippen LogP contribution in [0.3, 0.4) is 0 Å². The normalized spacial score (nSPS) is 10.9. The van der Waals surface area contributed by atoms with Crippen molar-refractivity contribution >= 4 is 29.0 Å². The van der Waals surface area contributed by atoms with Gasteiger partial charge in [-0.2, -0.15) is 0 Å². The number of hydrogen-bond donors (Lipinski definition) is 0. The number of carbonyl (C=O) groups is 1. The third-order valence-electron chi connectivity index (χ3n) is 4.19. The second-order valence-electron chi connectivity index (χ2n) is 6.05. The van der Waals surface area contributed by atoms with E-state index >= 15 is 0 Å². The Morgan fingerprint density at radius 3 is 2.52 bits per heavy atom. The third-order valence-corrected chi connectivity index (χ3v) is 5.05. The number of rotatable bonds is 7.